The highest BCUT2D eigenvalue weighted by atomic mass is 32.2. The van der Waals surface area contributed by atoms with Crippen LogP contribution in [0.25, 0.3) is 0 Å². The monoisotopic (exact) mass is 506 g/mol. The Kier molecular flexibility index (Phi) is 7.73. The van der Waals surface area contributed by atoms with Crippen molar-refractivity contribution in [3.63, 3.8) is 0 Å². The molecule has 5 rings (SSSR count). The highest BCUT2D eigenvalue weighted by Crippen LogP contribution is 2.46. The Balaban J connectivity index is 1.45. The van der Waals surface area contributed by atoms with Crippen molar-refractivity contribution in [3.05, 3.63) is 82.7 Å². The van der Waals surface area contributed by atoms with E-state index in [0.29, 0.717) is 17.4 Å². The summed E-state index contributed by atoms with van der Waals surface area (Å²) in [4.78, 5) is 0.671. The molecule has 1 N–H and O–H groups in total. The molecule has 0 fully saturated rings. The van der Waals surface area contributed by atoms with Gasteiger partial charge in [0.05, 0.1) is 18.6 Å². The van der Waals surface area contributed by atoms with Crippen LogP contribution in [0.5, 0.6) is 11.5 Å². The molecule has 0 aromatic heterocycles. The minimum atomic E-state index is -0.169. The van der Waals surface area contributed by atoms with Gasteiger partial charge in [-0.2, -0.15) is 0 Å². The van der Waals surface area contributed by atoms with Crippen molar-refractivity contribution in [3.8, 4) is 11.5 Å². The maximum absolute atomic E-state index is 14.6. The number of ether oxygens (including phenoxy) is 2. The van der Waals surface area contributed by atoms with Gasteiger partial charge in [0, 0.05) is 30.7 Å². The van der Waals surface area contributed by atoms with E-state index in [9.17, 15) is 4.39 Å². The molecule has 0 saturated heterocycles. The van der Waals surface area contributed by atoms with E-state index in [0.717, 1.165) is 50.3 Å². The number of aryl methyl sites for hydroxylation is 1. The number of hydrogen-bond acceptors (Lipinski definition) is 5. The Morgan fingerprint density at radius 2 is 1.89 bits per heavy atom. The molecule has 0 spiro atoms. The summed E-state index contributed by atoms with van der Waals surface area (Å²) in [6.45, 7) is 6.60. The van der Waals surface area contributed by atoms with E-state index in [4.69, 9.17) is 9.47 Å². The quantitative estimate of drug-likeness (QED) is 0.306. The normalized spacial score (nSPS) is 18.9. The van der Waals surface area contributed by atoms with Crippen molar-refractivity contribution < 1.29 is 13.9 Å². The number of methoxy groups -OCH3 is 1. The van der Waals surface area contributed by atoms with Gasteiger partial charge in [0.2, 0.25) is 0 Å². The van der Waals surface area contributed by atoms with Gasteiger partial charge in [-0.05, 0) is 97.1 Å². The molecule has 3 aromatic rings. The first-order chi connectivity index (χ1) is 17.6. The number of anilines is 1. The Bertz CT molecular complexity index is 1220. The molecule has 2 aliphatic rings. The minimum Gasteiger partial charge on any atom is -0.493 e. The number of benzene rings is 3. The maximum Gasteiger partial charge on any atom is 0.161 e. The molecule has 2 heterocycles. The zero-order chi connectivity index (χ0) is 25.1. The first-order valence-electron chi connectivity index (χ1n) is 13.0. The third-order valence-corrected chi connectivity index (χ3v) is 8.58. The van der Waals surface area contributed by atoms with E-state index in [-0.39, 0.29) is 11.9 Å². The van der Waals surface area contributed by atoms with Crippen LogP contribution in [0.4, 0.5) is 10.1 Å². The zero-order valence-electron chi connectivity index (χ0n) is 21.4. The summed E-state index contributed by atoms with van der Waals surface area (Å²) in [5.74, 6) is 1.87. The summed E-state index contributed by atoms with van der Waals surface area (Å²) < 4.78 is 28.6. The fourth-order valence-electron chi connectivity index (χ4n) is 5.46. The average molecular weight is 507 g/mol. The molecule has 190 valence electrons. The fraction of sp³-hybridized carbons (Fsp3) is 0.400. The van der Waals surface area contributed by atoms with Gasteiger partial charge in [0.15, 0.2) is 11.5 Å². The number of fused-ring (bicyclic) bond motifs is 2. The molecular weight excluding hydrogens is 471 g/mol. The van der Waals surface area contributed by atoms with Gasteiger partial charge in [-0.1, -0.05) is 31.2 Å². The van der Waals surface area contributed by atoms with E-state index in [1.54, 1.807) is 19.2 Å². The number of nitrogens with zero attached hydrogens (tertiary/aromatic N) is 1. The van der Waals surface area contributed by atoms with E-state index in [1.807, 2.05) is 19.1 Å². The zero-order valence-corrected chi connectivity index (χ0v) is 22.2. The third-order valence-electron chi connectivity index (χ3n) is 7.38. The molecule has 6 heteroatoms. The van der Waals surface area contributed by atoms with E-state index in [2.05, 4.69) is 46.9 Å². The molecule has 3 aromatic carbocycles. The first kappa shape index (κ1) is 25.0. The second-order valence-corrected chi connectivity index (χ2v) is 10.6. The summed E-state index contributed by atoms with van der Waals surface area (Å²) >= 11 is 1.54. The number of hydrogen-bond donors (Lipinski definition) is 1. The van der Waals surface area contributed by atoms with Gasteiger partial charge < -0.3 is 14.8 Å². The lowest BCUT2D eigenvalue weighted by Gasteiger charge is -2.37. The molecule has 2 unspecified atom stereocenters. The van der Waals surface area contributed by atoms with E-state index >= 15 is 0 Å². The smallest absolute Gasteiger partial charge is 0.161 e. The first-order valence-corrected chi connectivity index (χ1v) is 13.8. The standard InChI is InChI=1S/C30H35FN2O2S/c1-4-20-10-12-26-23(16-20)22(19-32-26)11-13-27-24-18-29(35-5-2)28(34-3)17-21(24)14-15-33(27)36-30-9-7-6-8-25(30)31/h6-10,12,16-18,22,27,32H,4-5,11,13-15,19H2,1-3H3. The second kappa shape index (κ2) is 11.1. The van der Waals surface area contributed by atoms with Crippen molar-refractivity contribution in [1.82, 2.24) is 4.31 Å². The molecule has 36 heavy (non-hydrogen) atoms. The van der Waals surface area contributed by atoms with E-state index < -0.39 is 0 Å². The molecule has 0 aliphatic carbocycles. The van der Waals surface area contributed by atoms with Crippen molar-refractivity contribution in [2.75, 3.05) is 32.1 Å². The van der Waals surface area contributed by atoms with Crippen LogP contribution in [0.2, 0.25) is 0 Å². The molecule has 0 saturated carbocycles. The number of nitrogens with one attached hydrogen (secondary N) is 1. The molecule has 0 radical (unpaired) electrons. The lowest BCUT2D eigenvalue weighted by atomic mass is 9.87. The van der Waals surface area contributed by atoms with Crippen LogP contribution in [0.1, 0.15) is 60.9 Å². The maximum atomic E-state index is 14.6. The largest absolute Gasteiger partial charge is 0.493 e. The van der Waals surface area contributed by atoms with Gasteiger partial charge in [0.1, 0.15) is 5.82 Å². The fourth-order valence-corrected chi connectivity index (χ4v) is 6.53. The summed E-state index contributed by atoms with van der Waals surface area (Å²) in [6.07, 6.45) is 3.98. The van der Waals surface area contributed by atoms with Crippen LogP contribution in [0.3, 0.4) is 0 Å². The van der Waals surface area contributed by atoms with Gasteiger partial charge in [-0.15, -0.1) is 0 Å². The highest BCUT2D eigenvalue weighted by Gasteiger charge is 2.32. The Hall–Kier alpha value is -2.70. The molecule has 0 bridgehead atoms. The van der Waals surface area contributed by atoms with E-state index in [1.165, 1.54) is 39.9 Å². The predicted octanol–water partition coefficient (Wildman–Crippen LogP) is 7.39. The number of halogens is 1. The molecule has 0 amide bonds. The highest BCUT2D eigenvalue weighted by molar-refractivity contribution is 7.97. The van der Waals surface area contributed by atoms with Crippen LogP contribution >= 0.6 is 11.9 Å². The van der Waals surface area contributed by atoms with Crippen LogP contribution in [-0.4, -0.2) is 31.1 Å². The van der Waals surface area contributed by atoms with Crippen LogP contribution in [0, 0.1) is 5.82 Å². The summed E-state index contributed by atoms with van der Waals surface area (Å²) in [5, 5.41) is 3.60. The lowest BCUT2D eigenvalue weighted by Crippen LogP contribution is -2.31. The van der Waals surface area contributed by atoms with Gasteiger partial charge >= 0.3 is 0 Å². The summed E-state index contributed by atoms with van der Waals surface area (Å²) in [6, 6.07) is 18.3. The van der Waals surface area contributed by atoms with Gasteiger partial charge in [-0.25, -0.2) is 8.70 Å². The Labute approximate surface area is 218 Å². The average Bonchev–Trinajstić information content (AvgIpc) is 3.31. The van der Waals surface area contributed by atoms with Crippen LogP contribution in [-0.2, 0) is 12.8 Å². The van der Waals surface area contributed by atoms with Gasteiger partial charge in [-0.3, -0.25) is 0 Å². The Morgan fingerprint density at radius 1 is 1.03 bits per heavy atom. The molecule has 2 atom stereocenters. The molecule has 2 aliphatic heterocycles. The summed E-state index contributed by atoms with van der Waals surface area (Å²) in [5.41, 5.74) is 6.65. The predicted molar refractivity (Wildman–Crippen MR) is 146 cm³/mol. The summed E-state index contributed by atoms with van der Waals surface area (Å²) in [7, 11) is 1.69. The van der Waals surface area contributed by atoms with Crippen molar-refractivity contribution >= 4 is 17.6 Å². The van der Waals surface area contributed by atoms with Crippen LogP contribution < -0.4 is 14.8 Å². The number of rotatable bonds is 9. The molecule has 4 nitrogen and oxygen atoms in total. The topological polar surface area (TPSA) is 33.7 Å². The van der Waals surface area contributed by atoms with Crippen molar-refractivity contribution in [2.45, 2.75) is 56.4 Å². The van der Waals surface area contributed by atoms with Crippen molar-refractivity contribution in [2.24, 2.45) is 0 Å². The minimum absolute atomic E-state index is 0.155. The third kappa shape index (κ3) is 5.07. The lowest BCUT2D eigenvalue weighted by molar-refractivity contribution is 0.294. The molecular formula is C30H35FN2O2S. The van der Waals surface area contributed by atoms with Gasteiger partial charge in [0.25, 0.3) is 0 Å². The Morgan fingerprint density at radius 3 is 2.67 bits per heavy atom. The van der Waals surface area contributed by atoms with Crippen molar-refractivity contribution in [1.29, 1.82) is 0 Å². The SMILES string of the molecule is CCOc1cc2c(cc1OC)CCN(Sc1ccccc1F)C2CCC1CNc2ccc(CC)cc21. The van der Waals surface area contributed by atoms with Crippen LogP contribution in [0.15, 0.2) is 59.5 Å². The second-order valence-electron chi connectivity index (χ2n) is 9.49.